The Hall–Kier alpha value is -1.66. The number of halogens is 4. The number of hydrogen-bond donors (Lipinski definition) is 1. The van der Waals surface area contributed by atoms with Gasteiger partial charge in [-0.25, -0.2) is 0 Å². The van der Waals surface area contributed by atoms with Gasteiger partial charge in [0.05, 0.1) is 5.02 Å². The Bertz CT molecular complexity index is 872. The van der Waals surface area contributed by atoms with Gasteiger partial charge >= 0.3 is 0 Å². The van der Waals surface area contributed by atoms with Crippen molar-refractivity contribution in [2.45, 2.75) is 25.9 Å². The van der Waals surface area contributed by atoms with E-state index in [1.165, 1.54) is 18.0 Å². The highest BCUT2D eigenvalue weighted by Gasteiger charge is 2.29. The van der Waals surface area contributed by atoms with Crippen LogP contribution in [0.15, 0.2) is 36.4 Å². The highest BCUT2D eigenvalue weighted by molar-refractivity contribution is 6.36. The number of ether oxygens (including phenoxy) is 1. The quantitative estimate of drug-likeness (QED) is 0.566. The molecular formula is C20H20Cl4N2O3. The monoisotopic (exact) mass is 476 g/mol. The van der Waals surface area contributed by atoms with Gasteiger partial charge in [-0.1, -0.05) is 59.4 Å². The summed E-state index contributed by atoms with van der Waals surface area (Å²) in [4.78, 5) is 26.8. The van der Waals surface area contributed by atoms with E-state index in [9.17, 15) is 9.59 Å². The van der Waals surface area contributed by atoms with Crippen LogP contribution >= 0.6 is 46.4 Å². The third kappa shape index (κ3) is 6.16. The molecule has 1 N–H and O–H groups in total. The molecule has 0 bridgehead atoms. The zero-order valence-corrected chi connectivity index (χ0v) is 18.9. The minimum absolute atomic E-state index is 0.0565. The van der Waals surface area contributed by atoms with Crippen LogP contribution < -0.4 is 10.1 Å². The first-order valence-corrected chi connectivity index (χ1v) is 10.3. The molecule has 0 aliphatic carbocycles. The predicted molar refractivity (Wildman–Crippen MR) is 117 cm³/mol. The van der Waals surface area contributed by atoms with Crippen LogP contribution in [0.5, 0.6) is 5.75 Å². The van der Waals surface area contributed by atoms with Crippen LogP contribution in [0.4, 0.5) is 0 Å². The molecule has 0 fully saturated rings. The van der Waals surface area contributed by atoms with E-state index in [0.29, 0.717) is 32.8 Å². The SMILES string of the molecule is CCC(C(=O)NC)N(Cc1c(Cl)cccc1Cl)C(=O)COc1ccc(Cl)cc1Cl. The Balaban J connectivity index is 2.28. The van der Waals surface area contributed by atoms with Gasteiger partial charge in [-0.3, -0.25) is 9.59 Å². The zero-order chi connectivity index (χ0) is 21.6. The Morgan fingerprint density at radius 3 is 2.28 bits per heavy atom. The van der Waals surface area contributed by atoms with Gasteiger partial charge in [0.1, 0.15) is 11.8 Å². The fourth-order valence-corrected chi connectivity index (χ4v) is 3.73. The highest BCUT2D eigenvalue weighted by Crippen LogP contribution is 2.29. The molecule has 1 atom stereocenters. The number of benzene rings is 2. The van der Waals surface area contributed by atoms with Crippen molar-refractivity contribution in [1.29, 1.82) is 0 Å². The van der Waals surface area contributed by atoms with Gasteiger partial charge in [-0.05, 0) is 36.8 Å². The molecule has 29 heavy (non-hydrogen) atoms. The minimum Gasteiger partial charge on any atom is -0.482 e. The van der Waals surface area contributed by atoms with Crippen LogP contribution in [0.25, 0.3) is 0 Å². The Morgan fingerprint density at radius 1 is 1.07 bits per heavy atom. The number of likely N-dealkylation sites (N-methyl/N-ethyl adjacent to an activating group) is 1. The topological polar surface area (TPSA) is 58.6 Å². The number of nitrogens with one attached hydrogen (secondary N) is 1. The maximum Gasteiger partial charge on any atom is 0.261 e. The predicted octanol–water partition coefficient (Wildman–Crippen LogP) is 5.23. The minimum atomic E-state index is -0.718. The third-order valence-corrected chi connectivity index (χ3v) is 5.51. The molecule has 0 radical (unpaired) electrons. The van der Waals surface area contributed by atoms with Crippen LogP contribution in [0.2, 0.25) is 20.1 Å². The van der Waals surface area contributed by atoms with E-state index in [4.69, 9.17) is 51.1 Å². The first-order valence-electron chi connectivity index (χ1n) is 8.80. The Labute approximate surface area is 189 Å². The van der Waals surface area contributed by atoms with Gasteiger partial charge in [-0.15, -0.1) is 0 Å². The van der Waals surface area contributed by atoms with E-state index in [1.54, 1.807) is 30.3 Å². The molecule has 2 amide bonds. The molecule has 0 aliphatic heterocycles. The first kappa shape index (κ1) is 23.6. The number of carbonyl (C=O) groups is 2. The molecule has 5 nitrogen and oxygen atoms in total. The van der Waals surface area contributed by atoms with Crippen LogP contribution in [0.1, 0.15) is 18.9 Å². The summed E-state index contributed by atoms with van der Waals surface area (Å²) in [6.45, 7) is 1.54. The van der Waals surface area contributed by atoms with Crippen molar-refractivity contribution in [3.63, 3.8) is 0 Å². The number of nitrogens with zero attached hydrogens (tertiary/aromatic N) is 1. The van der Waals surface area contributed by atoms with Crippen molar-refractivity contribution < 1.29 is 14.3 Å². The third-order valence-electron chi connectivity index (χ3n) is 4.27. The second kappa shape index (κ2) is 10.9. The molecule has 1 unspecified atom stereocenters. The lowest BCUT2D eigenvalue weighted by Gasteiger charge is -2.30. The van der Waals surface area contributed by atoms with E-state index in [1.807, 2.05) is 6.92 Å². The lowest BCUT2D eigenvalue weighted by atomic mass is 10.1. The summed E-state index contributed by atoms with van der Waals surface area (Å²) in [6.07, 6.45) is 0.398. The van der Waals surface area contributed by atoms with Crippen LogP contribution in [-0.2, 0) is 16.1 Å². The van der Waals surface area contributed by atoms with Gasteiger partial charge in [0.2, 0.25) is 5.91 Å². The maximum absolute atomic E-state index is 13.0. The summed E-state index contributed by atoms with van der Waals surface area (Å²) < 4.78 is 5.56. The summed E-state index contributed by atoms with van der Waals surface area (Å²) in [5.41, 5.74) is 0.552. The Morgan fingerprint density at radius 2 is 1.72 bits per heavy atom. The van der Waals surface area contributed by atoms with Crippen molar-refractivity contribution in [2.75, 3.05) is 13.7 Å². The number of carbonyl (C=O) groups excluding carboxylic acids is 2. The number of amides is 2. The highest BCUT2D eigenvalue weighted by atomic mass is 35.5. The normalized spacial score (nSPS) is 11.7. The number of rotatable bonds is 8. The molecule has 2 rings (SSSR count). The average molecular weight is 478 g/mol. The summed E-state index contributed by atoms with van der Waals surface area (Å²) in [6, 6.07) is 9.04. The van der Waals surface area contributed by atoms with Gasteiger partial charge in [0.25, 0.3) is 5.91 Å². The van der Waals surface area contributed by atoms with Gasteiger partial charge in [0.15, 0.2) is 6.61 Å². The molecule has 2 aromatic carbocycles. The lowest BCUT2D eigenvalue weighted by molar-refractivity contribution is -0.142. The fraction of sp³-hybridized carbons (Fsp3) is 0.300. The molecule has 0 saturated heterocycles. The molecular weight excluding hydrogens is 458 g/mol. The lowest BCUT2D eigenvalue weighted by Crippen LogP contribution is -2.49. The van der Waals surface area contributed by atoms with Crippen molar-refractivity contribution >= 4 is 58.2 Å². The summed E-state index contributed by atoms with van der Waals surface area (Å²) >= 11 is 24.5. The molecule has 0 spiro atoms. The first-order chi connectivity index (χ1) is 13.8. The van der Waals surface area contributed by atoms with Crippen LogP contribution in [0.3, 0.4) is 0 Å². The average Bonchev–Trinajstić information content (AvgIpc) is 2.68. The van der Waals surface area contributed by atoms with E-state index in [0.717, 1.165) is 0 Å². The van der Waals surface area contributed by atoms with Crippen molar-refractivity contribution in [3.05, 3.63) is 62.1 Å². The molecule has 0 heterocycles. The van der Waals surface area contributed by atoms with Gasteiger partial charge in [0, 0.05) is 34.2 Å². The van der Waals surface area contributed by atoms with Gasteiger partial charge < -0.3 is 15.0 Å². The van der Waals surface area contributed by atoms with Crippen molar-refractivity contribution in [2.24, 2.45) is 0 Å². The largest absolute Gasteiger partial charge is 0.482 e. The summed E-state index contributed by atoms with van der Waals surface area (Å²) in [7, 11) is 1.51. The van der Waals surface area contributed by atoms with Gasteiger partial charge in [-0.2, -0.15) is 0 Å². The maximum atomic E-state index is 13.0. The van der Waals surface area contributed by atoms with Crippen LogP contribution in [-0.4, -0.2) is 36.4 Å². The molecule has 9 heteroatoms. The standard InChI is InChI=1S/C20H20Cl4N2O3/c1-3-17(20(28)25-2)26(10-13-14(22)5-4-6-15(13)23)19(27)11-29-18-8-7-12(21)9-16(18)24/h4-9,17H,3,10-11H2,1-2H3,(H,25,28). The molecule has 156 valence electrons. The zero-order valence-electron chi connectivity index (χ0n) is 15.8. The smallest absolute Gasteiger partial charge is 0.261 e. The number of hydrogen-bond acceptors (Lipinski definition) is 3. The molecule has 0 aliphatic rings. The Kier molecular flexibility index (Phi) is 8.90. The second-order valence-electron chi connectivity index (χ2n) is 6.12. The van der Waals surface area contributed by atoms with E-state index < -0.39 is 11.9 Å². The van der Waals surface area contributed by atoms with E-state index in [2.05, 4.69) is 5.32 Å². The van der Waals surface area contributed by atoms with E-state index in [-0.39, 0.29) is 24.1 Å². The molecule has 0 saturated carbocycles. The van der Waals surface area contributed by atoms with Crippen molar-refractivity contribution in [3.8, 4) is 5.75 Å². The second-order valence-corrected chi connectivity index (χ2v) is 7.78. The van der Waals surface area contributed by atoms with Crippen molar-refractivity contribution in [1.82, 2.24) is 10.2 Å². The van der Waals surface area contributed by atoms with E-state index >= 15 is 0 Å². The summed E-state index contributed by atoms with van der Waals surface area (Å²) in [5.74, 6) is -0.399. The molecule has 2 aromatic rings. The summed E-state index contributed by atoms with van der Waals surface area (Å²) in [5, 5.41) is 4.13. The fourth-order valence-electron chi connectivity index (χ4n) is 2.75. The molecule has 0 aromatic heterocycles. The van der Waals surface area contributed by atoms with Crippen LogP contribution in [0, 0.1) is 0 Å².